The topological polar surface area (TPSA) is 70.6 Å². The van der Waals surface area contributed by atoms with E-state index in [0.29, 0.717) is 19.0 Å². The molecule has 144 valence electrons. The standard InChI is InChI=1S/C20H27N5O2/c1-14(2)27-18-8-6-5-7-17(18)22-20-21-15(3)13-19(23-20)25-11-9-24(10-12-25)16(4)26/h5-8,13-14H,9-12H2,1-4H3,(H,21,22,23). The second-order valence-electron chi connectivity index (χ2n) is 6.97. The SMILES string of the molecule is CC(=O)N1CCN(c2cc(C)nc(Nc3ccccc3OC(C)C)n2)CC1. The highest BCUT2D eigenvalue weighted by Crippen LogP contribution is 2.28. The second kappa shape index (κ2) is 8.24. The van der Waals surface area contributed by atoms with Gasteiger partial charge in [-0.15, -0.1) is 0 Å². The summed E-state index contributed by atoms with van der Waals surface area (Å²) >= 11 is 0. The van der Waals surface area contributed by atoms with Crippen molar-refractivity contribution in [3.63, 3.8) is 0 Å². The number of nitrogens with zero attached hydrogens (tertiary/aromatic N) is 4. The Morgan fingerprint density at radius 3 is 2.52 bits per heavy atom. The molecule has 1 amide bonds. The maximum absolute atomic E-state index is 11.5. The van der Waals surface area contributed by atoms with E-state index in [1.807, 2.05) is 56.0 Å². The number of aromatic nitrogens is 2. The Hall–Kier alpha value is -2.83. The van der Waals surface area contributed by atoms with E-state index in [1.165, 1.54) is 0 Å². The van der Waals surface area contributed by atoms with E-state index in [4.69, 9.17) is 4.74 Å². The van der Waals surface area contributed by atoms with E-state index in [1.54, 1.807) is 6.92 Å². The molecule has 0 bridgehead atoms. The molecule has 1 aromatic heterocycles. The number of rotatable bonds is 5. The number of nitrogens with one attached hydrogen (secondary N) is 1. The van der Waals surface area contributed by atoms with Crippen LogP contribution in [0, 0.1) is 6.92 Å². The van der Waals surface area contributed by atoms with Crippen LogP contribution in [0.15, 0.2) is 30.3 Å². The van der Waals surface area contributed by atoms with Crippen LogP contribution in [-0.2, 0) is 4.79 Å². The van der Waals surface area contributed by atoms with Crippen LogP contribution in [0.2, 0.25) is 0 Å². The summed E-state index contributed by atoms with van der Waals surface area (Å²) in [6.45, 7) is 10.5. The number of carbonyl (C=O) groups is 1. The van der Waals surface area contributed by atoms with Crippen molar-refractivity contribution >= 4 is 23.4 Å². The van der Waals surface area contributed by atoms with E-state index >= 15 is 0 Å². The Bertz CT molecular complexity index is 801. The van der Waals surface area contributed by atoms with Crippen LogP contribution in [0.4, 0.5) is 17.5 Å². The average molecular weight is 369 g/mol. The van der Waals surface area contributed by atoms with Gasteiger partial charge in [-0.2, -0.15) is 4.98 Å². The van der Waals surface area contributed by atoms with E-state index in [0.717, 1.165) is 36.0 Å². The van der Waals surface area contributed by atoms with Gasteiger partial charge in [0.1, 0.15) is 11.6 Å². The third-order valence-electron chi connectivity index (χ3n) is 4.39. The molecule has 1 aliphatic heterocycles. The van der Waals surface area contributed by atoms with Gasteiger partial charge in [0.2, 0.25) is 11.9 Å². The number of anilines is 3. The Labute approximate surface area is 160 Å². The summed E-state index contributed by atoms with van der Waals surface area (Å²) in [4.78, 5) is 24.8. The van der Waals surface area contributed by atoms with Crippen molar-refractivity contribution in [2.75, 3.05) is 36.4 Å². The number of hydrogen-bond acceptors (Lipinski definition) is 6. The lowest BCUT2D eigenvalue weighted by Gasteiger charge is -2.35. The first-order chi connectivity index (χ1) is 12.9. The van der Waals surface area contributed by atoms with Crippen LogP contribution in [-0.4, -0.2) is 53.1 Å². The molecule has 2 aromatic rings. The third-order valence-corrected chi connectivity index (χ3v) is 4.39. The highest BCUT2D eigenvalue weighted by Gasteiger charge is 2.20. The van der Waals surface area contributed by atoms with Gasteiger partial charge in [-0.1, -0.05) is 12.1 Å². The van der Waals surface area contributed by atoms with Crippen LogP contribution in [0.25, 0.3) is 0 Å². The summed E-state index contributed by atoms with van der Waals surface area (Å²) in [6.07, 6.45) is 0.0829. The summed E-state index contributed by atoms with van der Waals surface area (Å²) in [7, 11) is 0. The van der Waals surface area contributed by atoms with E-state index in [2.05, 4.69) is 20.2 Å². The van der Waals surface area contributed by atoms with Crippen molar-refractivity contribution in [2.45, 2.75) is 33.8 Å². The van der Waals surface area contributed by atoms with Gasteiger partial charge in [0.15, 0.2) is 0 Å². The van der Waals surface area contributed by atoms with Crippen LogP contribution in [0.5, 0.6) is 5.75 Å². The minimum atomic E-state index is 0.0829. The number of piperazine rings is 1. The Balaban J connectivity index is 1.78. The molecule has 0 unspecified atom stereocenters. The molecule has 0 saturated carbocycles. The fourth-order valence-corrected chi connectivity index (χ4v) is 3.07. The van der Waals surface area contributed by atoms with E-state index in [-0.39, 0.29) is 12.0 Å². The molecule has 1 N–H and O–H groups in total. The van der Waals surface area contributed by atoms with Crippen molar-refractivity contribution in [3.05, 3.63) is 36.0 Å². The number of carbonyl (C=O) groups excluding carboxylic acids is 1. The molecule has 3 rings (SSSR count). The summed E-state index contributed by atoms with van der Waals surface area (Å²) < 4.78 is 5.86. The lowest BCUT2D eigenvalue weighted by atomic mass is 10.3. The number of aryl methyl sites for hydroxylation is 1. The van der Waals surface area contributed by atoms with Gasteiger partial charge in [0, 0.05) is 44.9 Å². The number of amides is 1. The molecule has 7 heteroatoms. The molecule has 7 nitrogen and oxygen atoms in total. The largest absolute Gasteiger partial charge is 0.489 e. The van der Waals surface area contributed by atoms with Gasteiger partial charge in [0.25, 0.3) is 0 Å². The van der Waals surface area contributed by atoms with Gasteiger partial charge in [-0.05, 0) is 32.9 Å². The number of benzene rings is 1. The van der Waals surface area contributed by atoms with Crippen molar-refractivity contribution in [2.24, 2.45) is 0 Å². The molecule has 1 aromatic carbocycles. The predicted molar refractivity (Wildman–Crippen MR) is 107 cm³/mol. The van der Waals surface area contributed by atoms with Gasteiger partial charge in [0.05, 0.1) is 11.8 Å². The fourth-order valence-electron chi connectivity index (χ4n) is 3.07. The maximum atomic E-state index is 11.5. The first kappa shape index (κ1) is 18.9. The van der Waals surface area contributed by atoms with Crippen LogP contribution in [0.3, 0.4) is 0 Å². The van der Waals surface area contributed by atoms with Gasteiger partial charge >= 0.3 is 0 Å². The smallest absolute Gasteiger partial charge is 0.229 e. The van der Waals surface area contributed by atoms with Crippen molar-refractivity contribution in [3.8, 4) is 5.75 Å². The number of para-hydroxylation sites is 2. The zero-order valence-corrected chi connectivity index (χ0v) is 16.4. The van der Waals surface area contributed by atoms with Crippen LogP contribution < -0.4 is 15.0 Å². The van der Waals surface area contributed by atoms with Gasteiger partial charge in [-0.25, -0.2) is 4.98 Å². The maximum Gasteiger partial charge on any atom is 0.229 e. The fraction of sp³-hybridized carbons (Fsp3) is 0.450. The molecule has 0 radical (unpaired) electrons. The first-order valence-electron chi connectivity index (χ1n) is 9.31. The molecule has 0 atom stereocenters. The zero-order valence-electron chi connectivity index (χ0n) is 16.4. The predicted octanol–water partition coefficient (Wildman–Crippen LogP) is 2.98. The summed E-state index contributed by atoms with van der Waals surface area (Å²) in [6, 6.07) is 9.76. The summed E-state index contributed by atoms with van der Waals surface area (Å²) in [5, 5.41) is 3.29. The Kier molecular flexibility index (Phi) is 5.78. The minimum absolute atomic E-state index is 0.0829. The van der Waals surface area contributed by atoms with E-state index in [9.17, 15) is 4.79 Å². The zero-order chi connectivity index (χ0) is 19.4. The lowest BCUT2D eigenvalue weighted by Crippen LogP contribution is -2.48. The summed E-state index contributed by atoms with van der Waals surface area (Å²) in [5.41, 5.74) is 1.72. The number of ether oxygens (including phenoxy) is 1. The number of hydrogen-bond donors (Lipinski definition) is 1. The molecule has 0 aliphatic carbocycles. The summed E-state index contributed by atoms with van der Waals surface area (Å²) in [5.74, 6) is 2.31. The highest BCUT2D eigenvalue weighted by atomic mass is 16.5. The van der Waals surface area contributed by atoms with Gasteiger partial charge in [-0.3, -0.25) is 4.79 Å². The molecular formula is C20H27N5O2. The second-order valence-corrected chi connectivity index (χ2v) is 6.97. The minimum Gasteiger partial charge on any atom is -0.489 e. The van der Waals surface area contributed by atoms with Crippen molar-refractivity contribution in [1.82, 2.24) is 14.9 Å². The van der Waals surface area contributed by atoms with Crippen molar-refractivity contribution in [1.29, 1.82) is 0 Å². The van der Waals surface area contributed by atoms with E-state index < -0.39 is 0 Å². The normalized spacial score (nSPS) is 14.4. The molecule has 1 saturated heterocycles. The van der Waals surface area contributed by atoms with Crippen LogP contribution in [0.1, 0.15) is 26.5 Å². The molecule has 1 aliphatic rings. The monoisotopic (exact) mass is 369 g/mol. The lowest BCUT2D eigenvalue weighted by molar-refractivity contribution is -0.129. The molecule has 2 heterocycles. The third kappa shape index (κ3) is 4.87. The first-order valence-corrected chi connectivity index (χ1v) is 9.31. The molecule has 0 spiro atoms. The Morgan fingerprint density at radius 1 is 1.15 bits per heavy atom. The van der Waals surface area contributed by atoms with Crippen molar-refractivity contribution < 1.29 is 9.53 Å². The molecular weight excluding hydrogens is 342 g/mol. The molecule has 27 heavy (non-hydrogen) atoms. The molecule has 1 fully saturated rings. The quantitative estimate of drug-likeness (QED) is 0.874. The van der Waals surface area contributed by atoms with Crippen LogP contribution >= 0.6 is 0 Å². The Morgan fingerprint density at radius 2 is 1.85 bits per heavy atom. The van der Waals surface area contributed by atoms with Gasteiger partial charge < -0.3 is 19.9 Å². The average Bonchev–Trinajstić information content (AvgIpc) is 2.62. The highest BCUT2D eigenvalue weighted by molar-refractivity contribution is 5.73.